The second-order valence-corrected chi connectivity index (χ2v) is 7.33. The highest BCUT2D eigenvalue weighted by atomic mass is 79.9. The summed E-state index contributed by atoms with van der Waals surface area (Å²) >= 11 is 3.38. The molecule has 0 aromatic heterocycles. The molecule has 25 heavy (non-hydrogen) atoms. The zero-order valence-electron chi connectivity index (χ0n) is 14.2. The third-order valence-electron chi connectivity index (χ3n) is 4.52. The first-order chi connectivity index (χ1) is 12.0. The second kappa shape index (κ2) is 7.83. The molecule has 2 aromatic carbocycles. The number of amides is 2. The SMILES string of the molecule is Cc1ccc(C(=O)NC2CCN(C(=O)c3ccc(Br)cc3)CC2)cc1. The summed E-state index contributed by atoms with van der Waals surface area (Å²) in [5, 5.41) is 3.08. The van der Waals surface area contributed by atoms with E-state index in [2.05, 4.69) is 21.2 Å². The molecule has 0 bridgehead atoms. The van der Waals surface area contributed by atoms with E-state index in [4.69, 9.17) is 0 Å². The molecule has 0 saturated carbocycles. The van der Waals surface area contributed by atoms with Crippen molar-refractivity contribution in [1.82, 2.24) is 10.2 Å². The third kappa shape index (κ3) is 4.48. The maximum atomic E-state index is 12.5. The highest BCUT2D eigenvalue weighted by Crippen LogP contribution is 2.17. The lowest BCUT2D eigenvalue weighted by Gasteiger charge is -2.32. The molecule has 0 atom stereocenters. The van der Waals surface area contributed by atoms with Crippen LogP contribution in [0.1, 0.15) is 39.1 Å². The van der Waals surface area contributed by atoms with Crippen molar-refractivity contribution in [2.24, 2.45) is 0 Å². The molecule has 1 N–H and O–H groups in total. The summed E-state index contributed by atoms with van der Waals surface area (Å²) in [7, 11) is 0. The number of nitrogens with zero attached hydrogens (tertiary/aromatic N) is 1. The highest BCUT2D eigenvalue weighted by molar-refractivity contribution is 9.10. The van der Waals surface area contributed by atoms with Gasteiger partial charge in [-0.25, -0.2) is 0 Å². The molecule has 0 unspecified atom stereocenters. The van der Waals surface area contributed by atoms with E-state index in [9.17, 15) is 9.59 Å². The number of aryl methyl sites for hydroxylation is 1. The molecule has 3 rings (SSSR count). The van der Waals surface area contributed by atoms with Crippen molar-refractivity contribution in [3.63, 3.8) is 0 Å². The van der Waals surface area contributed by atoms with Crippen LogP contribution in [0.3, 0.4) is 0 Å². The maximum absolute atomic E-state index is 12.5. The molecule has 4 nitrogen and oxygen atoms in total. The van der Waals surface area contributed by atoms with E-state index < -0.39 is 0 Å². The lowest BCUT2D eigenvalue weighted by atomic mass is 10.0. The van der Waals surface area contributed by atoms with Gasteiger partial charge < -0.3 is 10.2 Å². The van der Waals surface area contributed by atoms with Crippen molar-refractivity contribution >= 4 is 27.7 Å². The number of benzene rings is 2. The minimum Gasteiger partial charge on any atom is -0.349 e. The van der Waals surface area contributed by atoms with Gasteiger partial charge in [0, 0.05) is 34.7 Å². The Hall–Kier alpha value is -2.14. The van der Waals surface area contributed by atoms with Crippen molar-refractivity contribution < 1.29 is 9.59 Å². The number of nitrogens with one attached hydrogen (secondary N) is 1. The second-order valence-electron chi connectivity index (χ2n) is 6.41. The van der Waals surface area contributed by atoms with Crippen molar-refractivity contribution in [1.29, 1.82) is 0 Å². The summed E-state index contributed by atoms with van der Waals surface area (Å²) in [5.41, 5.74) is 2.51. The van der Waals surface area contributed by atoms with Gasteiger partial charge in [0.2, 0.25) is 0 Å². The molecule has 0 spiro atoms. The Balaban J connectivity index is 1.53. The van der Waals surface area contributed by atoms with Gasteiger partial charge in [0.25, 0.3) is 11.8 Å². The van der Waals surface area contributed by atoms with E-state index in [1.54, 1.807) is 0 Å². The fourth-order valence-electron chi connectivity index (χ4n) is 2.98. The van der Waals surface area contributed by atoms with Gasteiger partial charge in [-0.05, 0) is 56.2 Å². The highest BCUT2D eigenvalue weighted by Gasteiger charge is 2.24. The summed E-state index contributed by atoms with van der Waals surface area (Å²) in [6, 6.07) is 15.1. The number of rotatable bonds is 3. The number of hydrogen-bond acceptors (Lipinski definition) is 2. The Morgan fingerprint density at radius 1 is 0.960 bits per heavy atom. The largest absolute Gasteiger partial charge is 0.349 e. The van der Waals surface area contributed by atoms with Crippen LogP contribution in [0.5, 0.6) is 0 Å². The first kappa shape index (κ1) is 17.7. The van der Waals surface area contributed by atoms with Crippen LogP contribution in [0.4, 0.5) is 0 Å². The fourth-order valence-corrected chi connectivity index (χ4v) is 3.24. The van der Waals surface area contributed by atoms with Gasteiger partial charge in [-0.1, -0.05) is 33.6 Å². The van der Waals surface area contributed by atoms with Crippen LogP contribution in [0.2, 0.25) is 0 Å². The molecule has 0 radical (unpaired) electrons. The monoisotopic (exact) mass is 400 g/mol. The van der Waals surface area contributed by atoms with Crippen LogP contribution in [0, 0.1) is 6.92 Å². The van der Waals surface area contributed by atoms with Crippen LogP contribution in [-0.2, 0) is 0 Å². The first-order valence-electron chi connectivity index (χ1n) is 8.45. The number of piperidine rings is 1. The first-order valence-corrected chi connectivity index (χ1v) is 9.24. The van der Waals surface area contributed by atoms with Crippen LogP contribution >= 0.6 is 15.9 Å². The number of halogens is 1. The summed E-state index contributed by atoms with van der Waals surface area (Å²) in [5.74, 6) is 0.00787. The summed E-state index contributed by atoms with van der Waals surface area (Å²) in [6.07, 6.45) is 1.56. The number of likely N-dealkylation sites (tertiary alicyclic amines) is 1. The van der Waals surface area contributed by atoms with Gasteiger partial charge in [-0.15, -0.1) is 0 Å². The van der Waals surface area contributed by atoms with Crippen LogP contribution in [0.25, 0.3) is 0 Å². The van der Waals surface area contributed by atoms with Crippen LogP contribution < -0.4 is 5.32 Å². The van der Waals surface area contributed by atoms with Crippen molar-refractivity contribution in [2.75, 3.05) is 13.1 Å². The van der Waals surface area contributed by atoms with E-state index in [0.717, 1.165) is 22.9 Å². The Morgan fingerprint density at radius 2 is 1.52 bits per heavy atom. The van der Waals surface area contributed by atoms with Gasteiger partial charge in [0.05, 0.1) is 0 Å². The normalized spacial score (nSPS) is 15.0. The van der Waals surface area contributed by atoms with Gasteiger partial charge in [-0.2, -0.15) is 0 Å². The van der Waals surface area contributed by atoms with Crippen LogP contribution in [0.15, 0.2) is 53.0 Å². The summed E-state index contributed by atoms with van der Waals surface area (Å²) < 4.78 is 0.960. The Kier molecular flexibility index (Phi) is 5.53. The molecule has 0 aliphatic carbocycles. The molecular weight excluding hydrogens is 380 g/mol. The van der Waals surface area contributed by atoms with E-state index in [1.165, 1.54) is 0 Å². The zero-order chi connectivity index (χ0) is 17.8. The van der Waals surface area contributed by atoms with Crippen molar-refractivity contribution in [3.05, 3.63) is 69.7 Å². The number of carbonyl (C=O) groups is 2. The topological polar surface area (TPSA) is 49.4 Å². The molecule has 1 aliphatic heterocycles. The molecule has 1 saturated heterocycles. The Labute approximate surface area is 156 Å². The maximum Gasteiger partial charge on any atom is 0.253 e. The van der Waals surface area contributed by atoms with Gasteiger partial charge >= 0.3 is 0 Å². The van der Waals surface area contributed by atoms with E-state index >= 15 is 0 Å². The predicted octanol–water partition coefficient (Wildman–Crippen LogP) is 3.79. The predicted molar refractivity (Wildman–Crippen MR) is 102 cm³/mol. The van der Waals surface area contributed by atoms with Gasteiger partial charge in [0.15, 0.2) is 0 Å². The molecular formula is C20H21BrN2O2. The van der Waals surface area contributed by atoms with E-state index in [-0.39, 0.29) is 17.9 Å². The van der Waals surface area contributed by atoms with Crippen LogP contribution in [-0.4, -0.2) is 35.8 Å². The summed E-state index contributed by atoms with van der Waals surface area (Å²) in [6.45, 7) is 3.32. The summed E-state index contributed by atoms with van der Waals surface area (Å²) in [4.78, 5) is 26.7. The third-order valence-corrected chi connectivity index (χ3v) is 5.05. The number of hydrogen-bond donors (Lipinski definition) is 1. The quantitative estimate of drug-likeness (QED) is 0.851. The fraction of sp³-hybridized carbons (Fsp3) is 0.300. The lowest BCUT2D eigenvalue weighted by Crippen LogP contribution is -2.46. The molecule has 2 aromatic rings. The Bertz CT molecular complexity index is 748. The lowest BCUT2D eigenvalue weighted by molar-refractivity contribution is 0.0698. The van der Waals surface area contributed by atoms with Gasteiger partial charge in [-0.3, -0.25) is 9.59 Å². The standard InChI is InChI=1S/C20H21BrN2O2/c1-14-2-4-15(5-3-14)19(24)22-18-10-12-23(13-11-18)20(25)16-6-8-17(21)9-7-16/h2-9,18H,10-13H2,1H3,(H,22,24). The average Bonchev–Trinajstić information content (AvgIpc) is 2.63. The molecule has 1 heterocycles. The van der Waals surface area contributed by atoms with Crippen molar-refractivity contribution in [2.45, 2.75) is 25.8 Å². The minimum atomic E-state index is -0.0438. The van der Waals surface area contributed by atoms with Gasteiger partial charge in [0.1, 0.15) is 0 Å². The Morgan fingerprint density at radius 3 is 2.12 bits per heavy atom. The van der Waals surface area contributed by atoms with Crippen molar-refractivity contribution in [3.8, 4) is 0 Å². The molecule has 5 heteroatoms. The molecule has 2 amide bonds. The molecule has 1 aliphatic rings. The minimum absolute atomic E-state index is 0.0438. The zero-order valence-corrected chi connectivity index (χ0v) is 15.8. The van der Waals surface area contributed by atoms with E-state index in [0.29, 0.717) is 24.2 Å². The smallest absolute Gasteiger partial charge is 0.253 e. The number of carbonyl (C=O) groups excluding carboxylic acids is 2. The molecule has 130 valence electrons. The average molecular weight is 401 g/mol. The van der Waals surface area contributed by atoms with E-state index in [1.807, 2.05) is 60.4 Å². The molecule has 1 fully saturated rings.